The average molecular weight is 219 g/mol. The molecule has 5 heteroatoms. The van der Waals surface area contributed by atoms with Gasteiger partial charge in [0.05, 0.1) is 5.52 Å². The van der Waals surface area contributed by atoms with Crippen LogP contribution in [0.3, 0.4) is 0 Å². The molecule has 2 heterocycles. The number of nitrogens with zero attached hydrogens (tertiary/aromatic N) is 3. The topological polar surface area (TPSA) is 76.7 Å². The van der Waals surface area contributed by atoms with Crippen molar-refractivity contribution in [3.05, 3.63) is 23.7 Å². The number of aromatic nitrogens is 3. The van der Waals surface area contributed by atoms with Crippen molar-refractivity contribution in [1.29, 1.82) is 0 Å². The predicted molar refractivity (Wildman–Crippen MR) is 66.2 cm³/mol. The molecule has 3 N–H and O–H groups in total. The summed E-state index contributed by atoms with van der Waals surface area (Å²) in [6.45, 7) is 3.79. The molecule has 5 nitrogen and oxygen atoms in total. The molecule has 2 rings (SSSR count). The van der Waals surface area contributed by atoms with Crippen LogP contribution in [0.1, 0.15) is 11.4 Å². The molecule has 0 aromatic carbocycles. The number of rotatable bonds is 0. The Labute approximate surface area is 95.1 Å². The van der Waals surface area contributed by atoms with Crippen LogP contribution in [0.15, 0.2) is 12.3 Å². The van der Waals surface area contributed by atoms with E-state index in [9.17, 15) is 0 Å². The van der Waals surface area contributed by atoms with Crippen LogP contribution in [0.5, 0.6) is 0 Å². The average Bonchev–Trinajstić information content (AvgIpc) is 2.17. The van der Waals surface area contributed by atoms with E-state index in [0.29, 0.717) is 17.2 Å². The summed E-state index contributed by atoms with van der Waals surface area (Å²) in [5, 5.41) is 2.75. The Morgan fingerprint density at radius 1 is 1.19 bits per heavy atom. The van der Waals surface area contributed by atoms with Gasteiger partial charge >= 0.3 is 0 Å². The summed E-state index contributed by atoms with van der Waals surface area (Å²) in [6, 6.07) is 1.95. The van der Waals surface area contributed by atoms with Crippen molar-refractivity contribution in [2.24, 2.45) is 0 Å². The highest BCUT2D eigenvalue weighted by atomic mass is 15.0. The van der Waals surface area contributed by atoms with Gasteiger partial charge in [-0.25, -0.2) is 9.97 Å². The third kappa shape index (κ3) is 2.87. The quantitative estimate of drug-likeness (QED) is 0.692. The Balaban J connectivity index is 0.000000386. The van der Waals surface area contributed by atoms with E-state index in [1.54, 1.807) is 6.20 Å². The molecule has 0 aliphatic rings. The van der Waals surface area contributed by atoms with Crippen molar-refractivity contribution in [3.8, 4) is 0 Å². The second kappa shape index (κ2) is 5.37. The number of nitrogens with one attached hydrogen (secondary N) is 1. The first-order valence-electron chi connectivity index (χ1n) is 5.03. The van der Waals surface area contributed by atoms with Crippen LogP contribution in [-0.2, 0) is 0 Å². The maximum atomic E-state index is 5.69. The van der Waals surface area contributed by atoms with Crippen LogP contribution in [0.25, 0.3) is 11.0 Å². The summed E-state index contributed by atoms with van der Waals surface area (Å²) in [7, 11) is 3.75. The van der Waals surface area contributed by atoms with Crippen molar-refractivity contribution < 1.29 is 0 Å². The minimum Gasteiger partial charge on any atom is -0.382 e. The molecule has 0 saturated carbocycles. The fourth-order valence-electron chi connectivity index (χ4n) is 1.26. The first kappa shape index (κ1) is 12.3. The van der Waals surface area contributed by atoms with E-state index in [0.717, 1.165) is 11.1 Å². The molecule has 0 spiro atoms. The first-order chi connectivity index (χ1) is 7.58. The van der Waals surface area contributed by atoms with Crippen LogP contribution in [0, 0.1) is 13.8 Å². The third-order valence-corrected chi connectivity index (χ3v) is 1.81. The lowest BCUT2D eigenvalue weighted by molar-refractivity contribution is 1.02. The zero-order valence-corrected chi connectivity index (χ0v) is 10.1. The molecule has 2 aromatic heterocycles. The predicted octanol–water partition coefficient (Wildman–Crippen LogP) is 1.06. The van der Waals surface area contributed by atoms with Gasteiger partial charge < -0.3 is 11.1 Å². The van der Waals surface area contributed by atoms with Gasteiger partial charge in [0, 0.05) is 6.20 Å². The molecule has 86 valence electrons. The van der Waals surface area contributed by atoms with E-state index in [2.05, 4.69) is 20.3 Å². The first-order valence-corrected chi connectivity index (χ1v) is 5.03. The molecular formula is C11H17N5. The molecule has 2 aromatic rings. The Hall–Kier alpha value is -1.75. The number of pyridine rings is 1. The van der Waals surface area contributed by atoms with Crippen LogP contribution in [0.4, 0.5) is 5.82 Å². The molecule has 0 aliphatic carbocycles. The van der Waals surface area contributed by atoms with E-state index < -0.39 is 0 Å². The van der Waals surface area contributed by atoms with E-state index in [4.69, 9.17) is 5.73 Å². The van der Waals surface area contributed by atoms with E-state index >= 15 is 0 Å². The second-order valence-corrected chi connectivity index (χ2v) is 3.54. The van der Waals surface area contributed by atoms with Gasteiger partial charge in [-0.05, 0) is 39.6 Å². The number of hydrogen-bond donors (Lipinski definition) is 2. The lowest BCUT2D eigenvalue weighted by Crippen LogP contribution is -1.98. The molecule has 16 heavy (non-hydrogen) atoms. The van der Waals surface area contributed by atoms with Gasteiger partial charge in [0.25, 0.3) is 0 Å². The molecule has 0 saturated heterocycles. The number of nitrogen functional groups attached to an aromatic ring is 1. The molecule has 0 aliphatic heterocycles. The molecule has 0 atom stereocenters. The maximum Gasteiger partial charge on any atom is 0.153 e. The van der Waals surface area contributed by atoms with Crippen LogP contribution >= 0.6 is 0 Å². The second-order valence-electron chi connectivity index (χ2n) is 3.54. The summed E-state index contributed by atoms with van der Waals surface area (Å²) >= 11 is 0. The van der Waals surface area contributed by atoms with Gasteiger partial charge in [-0.1, -0.05) is 0 Å². The Kier molecular flexibility index (Phi) is 4.13. The SMILES string of the molecule is CNC.Cc1cnc2c(N)nc(C)nc2c1. The molecule has 0 bridgehead atoms. The smallest absolute Gasteiger partial charge is 0.153 e. The van der Waals surface area contributed by atoms with Gasteiger partial charge in [-0.15, -0.1) is 0 Å². The number of nitrogens with two attached hydrogens (primary N) is 1. The van der Waals surface area contributed by atoms with Crippen LogP contribution < -0.4 is 11.1 Å². The largest absolute Gasteiger partial charge is 0.382 e. The molecule has 0 amide bonds. The van der Waals surface area contributed by atoms with Gasteiger partial charge in [-0.2, -0.15) is 0 Å². The van der Waals surface area contributed by atoms with E-state index in [1.807, 2.05) is 34.0 Å². The van der Waals surface area contributed by atoms with E-state index in [1.165, 1.54) is 0 Å². The summed E-state index contributed by atoms with van der Waals surface area (Å²) in [4.78, 5) is 12.5. The van der Waals surface area contributed by atoms with Crippen molar-refractivity contribution in [3.63, 3.8) is 0 Å². The lowest BCUT2D eigenvalue weighted by atomic mass is 10.2. The Morgan fingerprint density at radius 3 is 2.44 bits per heavy atom. The Bertz CT molecular complexity index is 476. The lowest BCUT2D eigenvalue weighted by Gasteiger charge is -2.01. The summed E-state index contributed by atoms with van der Waals surface area (Å²) in [6.07, 6.45) is 1.76. The highest BCUT2D eigenvalue weighted by molar-refractivity contribution is 5.83. The standard InChI is InChI=1S/C9H10N4.C2H7N/c1-5-3-7-8(11-4-5)9(10)13-6(2)12-7;1-3-2/h3-4H,1-2H3,(H2,10,12,13);3H,1-2H3. The number of anilines is 1. The third-order valence-electron chi connectivity index (χ3n) is 1.81. The monoisotopic (exact) mass is 219 g/mol. The normalized spacial score (nSPS) is 9.75. The zero-order chi connectivity index (χ0) is 12.1. The molecule has 0 radical (unpaired) electrons. The maximum absolute atomic E-state index is 5.69. The van der Waals surface area contributed by atoms with Gasteiger partial charge in [0.2, 0.25) is 0 Å². The van der Waals surface area contributed by atoms with Gasteiger partial charge in [-0.3, -0.25) is 4.98 Å². The number of hydrogen-bond acceptors (Lipinski definition) is 5. The summed E-state index contributed by atoms with van der Waals surface area (Å²) in [5.41, 5.74) is 8.25. The fourth-order valence-corrected chi connectivity index (χ4v) is 1.26. The van der Waals surface area contributed by atoms with Crippen molar-refractivity contribution >= 4 is 16.9 Å². The van der Waals surface area contributed by atoms with Crippen LogP contribution in [0.2, 0.25) is 0 Å². The zero-order valence-electron chi connectivity index (χ0n) is 10.1. The summed E-state index contributed by atoms with van der Waals surface area (Å²) < 4.78 is 0. The summed E-state index contributed by atoms with van der Waals surface area (Å²) in [5.74, 6) is 1.12. The van der Waals surface area contributed by atoms with Gasteiger partial charge in [0.1, 0.15) is 11.3 Å². The number of aryl methyl sites for hydroxylation is 2. The number of fused-ring (bicyclic) bond motifs is 1. The molecular weight excluding hydrogens is 202 g/mol. The molecule has 0 unspecified atom stereocenters. The van der Waals surface area contributed by atoms with Crippen molar-refractivity contribution in [2.45, 2.75) is 13.8 Å². The van der Waals surface area contributed by atoms with Crippen LogP contribution in [-0.4, -0.2) is 29.0 Å². The van der Waals surface area contributed by atoms with E-state index in [-0.39, 0.29) is 0 Å². The minimum absolute atomic E-state index is 0.447. The fraction of sp³-hybridized carbons (Fsp3) is 0.364. The molecule has 0 fully saturated rings. The van der Waals surface area contributed by atoms with Crippen molar-refractivity contribution in [2.75, 3.05) is 19.8 Å². The van der Waals surface area contributed by atoms with Crippen molar-refractivity contribution in [1.82, 2.24) is 20.3 Å². The Morgan fingerprint density at radius 2 is 1.81 bits per heavy atom. The highest BCUT2D eigenvalue weighted by Gasteiger charge is 2.03. The highest BCUT2D eigenvalue weighted by Crippen LogP contribution is 2.15. The van der Waals surface area contributed by atoms with Gasteiger partial charge in [0.15, 0.2) is 5.82 Å². The minimum atomic E-state index is 0.447.